The molecule has 4 N–H and O–H groups in total. The number of aromatic nitrogens is 2. The van der Waals surface area contributed by atoms with E-state index in [-0.39, 0.29) is 0 Å². The fourth-order valence-electron chi connectivity index (χ4n) is 1.92. The van der Waals surface area contributed by atoms with E-state index in [9.17, 15) is 4.79 Å². The maximum absolute atomic E-state index is 11.1. The molecule has 0 bridgehead atoms. The fraction of sp³-hybridized carbons (Fsp3) is 0.333. The van der Waals surface area contributed by atoms with Crippen molar-refractivity contribution in [2.24, 2.45) is 12.8 Å². The van der Waals surface area contributed by atoms with Crippen molar-refractivity contribution in [2.45, 2.75) is 18.9 Å². The smallest absolute Gasteiger partial charge is 0.260 e. The summed E-state index contributed by atoms with van der Waals surface area (Å²) in [6, 6.07) is 7.10. The molecule has 6 heteroatoms. The highest BCUT2D eigenvalue weighted by atomic mass is 16.5. The number of aryl methyl sites for hydroxylation is 2. The quantitative estimate of drug-likeness (QED) is 0.537. The van der Waals surface area contributed by atoms with Crippen molar-refractivity contribution in [1.82, 2.24) is 15.0 Å². The first-order chi connectivity index (χ1) is 8.63. The highest BCUT2D eigenvalue weighted by molar-refractivity contribution is 5.80. The van der Waals surface area contributed by atoms with Gasteiger partial charge in [-0.2, -0.15) is 0 Å². The Bertz CT molecular complexity index is 564. The maximum atomic E-state index is 11.1. The SMILES string of the molecule is Cn1c(CCC(N)C(=O)NO)nc2ccccc21. The van der Waals surface area contributed by atoms with Gasteiger partial charge in [0.2, 0.25) is 0 Å². The first-order valence-corrected chi connectivity index (χ1v) is 5.73. The van der Waals surface area contributed by atoms with Crippen LogP contribution in [0, 0.1) is 0 Å². The molecule has 1 atom stereocenters. The molecule has 0 saturated carbocycles. The number of para-hydroxylation sites is 2. The molecule has 1 amide bonds. The number of nitrogens with two attached hydrogens (primary N) is 1. The van der Waals surface area contributed by atoms with E-state index in [4.69, 9.17) is 10.9 Å². The monoisotopic (exact) mass is 248 g/mol. The topological polar surface area (TPSA) is 93.2 Å². The molecule has 18 heavy (non-hydrogen) atoms. The van der Waals surface area contributed by atoms with Crippen LogP contribution in [-0.2, 0) is 18.3 Å². The van der Waals surface area contributed by atoms with Crippen LogP contribution in [0.2, 0.25) is 0 Å². The van der Waals surface area contributed by atoms with Crippen molar-refractivity contribution in [3.8, 4) is 0 Å². The third-order valence-electron chi connectivity index (χ3n) is 3.01. The number of benzene rings is 1. The Morgan fingerprint density at radius 2 is 2.28 bits per heavy atom. The Kier molecular flexibility index (Phi) is 3.59. The molecule has 0 radical (unpaired) electrons. The predicted molar refractivity (Wildman–Crippen MR) is 66.9 cm³/mol. The number of nitrogens with one attached hydrogen (secondary N) is 1. The average Bonchev–Trinajstić information content (AvgIpc) is 2.72. The number of hydrogen-bond acceptors (Lipinski definition) is 4. The normalized spacial score (nSPS) is 12.6. The molecule has 1 aromatic heterocycles. The van der Waals surface area contributed by atoms with Crippen molar-refractivity contribution in [2.75, 3.05) is 0 Å². The van der Waals surface area contributed by atoms with Crippen molar-refractivity contribution in [3.63, 3.8) is 0 Å². The number of hydrogen-bond donors (Lipinski definition) is 3. The lowest BCUT2D eigenvalue weighted by molar-refractivity contribution is -0.130. The van der Waals surface area contributed by atoms with Crippen LogP contribution in [0.3, 0.4) is 0 Å². The molecule has 0 fully saturated rings. The van der Waals surface area contributed by atoms with Gasteiger partial charge in [-0.05, 0) is 18.6 Å². The van der Waals surface area contributed by atoms with Crippen LogP contribution in [0.15, 0.2) is 24.3 Å². The van der Waals surface area contributed by atoms with Crippen LogP contribution in [-0.4, -0.2) is 26.7 Å². The zero-order valence-electron chi connectivity index (χ0n) is 10.1. The Morgan fingerprint density at radius 1 is 1.56 bits per heavy atom. The van der Waals surface area contributed by atoms with Crippen LogP contribution in [0.5, 0.6) is 0 Å². The van der Waals surface area contributed by atoms with Gasteiger partial charge in [0.05, 0.1) is 17.1 Å². The highest BCUT2D eigenvalue weighted by Gasteiger charge is 2.14. The van der Waals surface area contributed by atoms with Crippen molar-refractivity contribution >= 4 is 16.9 Å². The second-order valence-corrected chi connectivity index (χ2v) is 4.20. The van der Waals surface area contributed by atoms with Crippen LogP contribution in [0.1, 0.15) is 12.2 Å². The number of carbonyl (C=O) groups is 1. The van der Waals surface area contributed by atoms with E-state index >= 15 is 0 Å². The van der Waals surface area contributed by atoms with Crippen molar-refractivity contribution in [3.05, 3.63) is 30.1 Å². The summed E-state index contributed by atoms with van der Waals surface area (Å²) in [5, 5.41) is 8.47. The van der Waals surface area contributed by atoms with Gasteiger partial charge in [-0.1, -0.05) is 12.1 Å². The summed E-state index contributed by atoms with van der Waals surface area (Å²) in [6.07, 6.45) is 1.02. The molecule has 1 unspecified atom stereocenters. The largest absolute Gasteiger partial charge is 0.331 e. The third kappa shape index (κ3) is 2.34. The summed E-state index contributed by atoms with van der Waals surface area (Å²) in [6.45, 7) is 0. The van der Waals surface area contributed by atoms with Gasteiger partial charge < -0.3 is 10.3 Å². The van der Waals surface area contributed by atoms with Gasteiger partial charge in [-0.25, -0.2) is 10.5 Å². The van der Waals surface area contributed by atoms with Crippen LogP contribution in [0.4, 0.5) is 0 Å². The van der Waals surface area contributed by atoms with E-state index in [0.29, 0.717) is 12.8 Å². The second-order valence-electron chi connectivity index (χ2n) is 4.20. The zero-order chi connectivity index (χ0) is 13.1. The summed E-state index contributed by atoms with van der Waals surface area (Å²) < 4.78 is 1.99. The summed E-state index contributed by atoms with van der Waals surface area (Å²) in [5.74, 6) is 0.297. The number of fused-ring (bicyclic) bond motifs is 1. The Morgan fingerprint density at radius 3 is 2.94 bits per heavy atom. The van der Waals surface area contributed by atoms with Gasteiger partial charge in [0, 0.05) is 13.5 Å². The lowest BCUT2D eigenvalue weighted by atomic mass is 10.1. The summed E-state index contributed by atoms with van der Waals surface area (Å²) in [4.78, 5) is 15.6. The molecule has 0 aliphatic rings. The lowest BCUT2D eigenvalue weighted by Crippen LogP contribution is -2.39. The van der Waals surface area contributed by atoms with E-state index in [0.717, 1.165) is 16.9 Å². The van der Waals surface area contributed by atoms with Gasteiger partial charge >= 0.3 is 0 Å². The van der Waals surface area contributed by atoms with Gasteiger partial charge in [0.1, 0.15) is 5.82 Å². The van der Waals surface area contributed by atoms with E-state index in [1.165, 1.54) is 0 Å². The van der Waals surface area contributed by atoms with Crippen molar-refractivity contribution in [1.29, 1.82) is 0 Å². The number of rotatable bonds is 4. The molecule has 1 aromatic carbocycles. The second kappa shape index (κ2) is 5.16. The predicted octanol–water partition coefficient (Wildman–Crippen LogP) is 0.339. The molecule has 6 nitrogen and oxygen atoms in total. The summed E-state index contributed by atoms with van der Waals surface area (Å²) in [7, 11) is 1.93. The van der Waals surface area contributed by atoms with E-state index in [1.54, 1.807) is 5.48 Å². The number of nitrogens with zero attached hydrogens (tertiary/aromatic N) is 2. The van der Waals surface area contributed by atoms with E-state index in [2.05, 4.69) is 4.98 Å². The highest BCUT2D eigenvalue weighted by Crippen LogP contribution is 2.15. The molecular formula is C12H16N4O2. The summed E-state index contributed by atoms with van der Waals surface area (Å²) in [5.41, 5.74) is 9.14. The Balaban J connectivity index is 2.13. The lowest BCUT2D eigenvalue weighted by Gasteiger charge is -2.08. The first-order valence-electron chi connectivity index (χ1n) is 5.73. The number of carbonyl (C=O) groups excluding carboxylic acids is 1. The molecule has 2 rings (SSSR count). The van der Waals surface area contributed by atoms with Crippen LogP contribution >= 0.6 is 0 Å². The third-order valence-corrected chi connectivity index (χ3v) is 3.01. The molecule has 0 aliphatic heterocycles. The molecule has 2 aromatic rings. The zero-order valence-corrected chi connectivity index (χ0v) is 10.1. The van der Waals surface area contributed by atoms with Crippen molar-refractivity contribution < 1.29 is 10.0 Å². The number of amides is 1. The van der Waals surface area contributed by atoms with Crippen LogP contribution in [0.25, 0.3) is 11.0 Å². The molecule has 0 aliphatic carbocycles. The summed E-state index contributed by atoms with van der Waals surface area (Å²) >= 11 is 0. The Hall–Kier alpha value is -1.92. The van der Waals surface area contributed by atoms with Crippen LogP contribution < -0.4 is 11.2 Å². The molecule has 0 spiro atoms. The van der Waals surface area contributed by atoms with E-state index < -0.39 is 11.9 Å². The minimum absolute atomic E-state index is 0.434. The van der Waals surface area contributed by atoms with Gasteiger partial charge in [0.25, 0.3) is 5.91 Å². The molecular weight excluding hydrogens is 232 g/mol. The Labute approximate surface area is 104 Å². The van der Waals surface area contributed by atoms with Gasteiger partial charge in [-0.3, -0.25) is 10.0 Å². The molecule has 96 valence electrons. The van der Waals surface area contributed by atoms with Gasteiger partial charge in [-0.15, -0.1) is 0 Å². The van der Waals surface area contributed by atoms with Gasteiger partial charge in [0.15, 0.2) is 0 Å². The molecule has 0 saturated heterocycles. The standard InChI is InChI=1S/C12H16N4O2/c1-16-10-5-3-2-4-9(10)14-11(16)7-6-8(13)12(17)15-18/h2-5,8,18H,6-7,13H2,1H3,(H,15,17). The molecule has 1 heterocycles. The fourth-order valence-corrected chi connectivity index (χ4v) is 1.92. The number of imidazole rings is 1. The average molecular weight is 248 g/mol. The first kappa shape index (κ1) is 12.5. The minimum atomic E-state index is -0.727. The minimum Gasteiger partial charge on any atom is -0.331 e. The maximum Gasteiger partial charge on any atom is 0.260 e. The van der Waals surface area contributed by atoms with E-state index in [1.807, 2.05) is 35.9 Å². The number of hydroxylamine groups is 1.